The van der Waals surface area contributed by atoms with E-state index >= 15 is 0 Å². The van der Waals surface area contributed by atoms with Crippen molar-refractivity contribution in [2.75, 3.05) is 26.2 Å². The van der Waals surface area contributed by atoms with E-state index in [0.717, 1.165) is 0 Å². The topological polar surface area (TPSA) is 0 Å². The van der Waals surface area contributed by atoms with Gasteiger partial charge in [0.25, 0.3) is 0 Å². The second kappa shape index (κ2) is 9.22. The van der Waals surface area contributed by atoms with Crippen LogP contribution in [0.25, 0.3) is 0 Å². The average Bonchev–Trinajstić information content (AvgIpc) is 2.13. The standard InChI is InChI=1S/C8H20N.BrH.Mo/c1-5-9(6-2,7-3)8-4;;/h5-8H2,1-4H3;1H;/q+1;;+1/p-1. The number of rotatable bonds is 4. The Kier molecular flexibility index (Phi) is 12.3. The van der Waals surface area contributed by atoms with E-state index in [-0.39, 0.29) is 0 Å². The molecule has 0 spiro atoms. The van der Waals surface area contributed by atoms with Crippen LogP contribution < -0.4 is 0 Å². The molecule has 0 atom stereocenters. The predicted molar refractivity (Wildman–Crippen MR) is 51.4 cm³/mol. The number of halogens is 1. The fourth-order valence-electron chi connectivity index (χ4n) is 1.34. The van der Waals surface area contributed by atoms with Crippen molar-refractivity contribution >= 4 is 13.3 Å². The molecule has 0 saturated heterocycles. The Morgan fingerprint density at radius 2 is 1.00 bits per heavy atom. The molecule has 0 aliphatic carbocycles. The van der Waals surface area contributed by atoms with Crippen molar-refractivity contribution in [1.29, 1.82) is 0 Å². The second-order valence-corrected chi connectivity index (χ2v) is 2.61. The number of nitrogens with zero attached hydrogens (tertiary/aromatic N) is 1. The SMILES string of the molecule is CC[N+](CC)(CC)CC.[Br][Mo]. The van der Waals surface area contributed by atoms with Gasteiger partial charge in [0.1, 0.15) is 0 Å². The summed E-state index contributed by atoms with van der Waals surface area (Å²) in [6, 6.07) is 0. The first-order valence-electron chi connectivity index (χ1n) is 4.25. The Hall–Kier alpha value is 1.13. The van der Waals surface area contributed by atoms with Crippen LogP contribution in [-0.2, 0) is 17.8 Å². The second-order valence-electron chi connectivity index (χ2n) is 2.61. The minimum absolute atomic E-state index is 1.28. The number of hydrogen-bond acceptors (Lipinski definition) is 0. The van der Waals surface area contributed by atoms with Crippen LogP contribution in [-0.4, -0.2) is 30.7 Å². The van der Waals surface area contributed by atoms with Gasteiger partial charge in [0, 0.05) is 0 Å². The summed E-state index contributed by atoms with van der Waals surface area (Å²) in [5.41, 5.74) is 0. The summed E-state index contributed by atoms with van der Waals surface area (Å²) < 4.78 is 1.28. The first kappa shape index (κ1) is 14.6. The quantitative estimate of drug-likeness (QED) is 0.553. The molecule has 1 nitrogen and oxygen atoms in total. The summed E-state index contributed by atoms with van der Waals surface area (Å²) in [6.07, 6.45) is 0. The van der Waals surface area contributed by atoms with Crippen molar-refractivity contribution in [2.24, 2.45) is 0 Å². The van der Waals surface area contributed by atoms with Gasteiger partial charge in [0.15, 0.2) is 0 Å². The number of hydrogen-bond donors (Lipinski definition) is 0. The normalized spacial score (nSPS) is 10.3. The van der Waals surface area contributed by atoms with Gasteiger partial charge in [-0.05, 0) is 27.7 Å². The Bertz CT molecular complexity index is 57.0. The van der Waals surface area contributed by atoms with E-state index in [4.69, 9.17) is 0 Å². The summed E-state index contributed by atoms with van der Waals surface area (Å²) >= 11 is 4.71. The molecule has 0 heterocycles. The first-order chi connectivity index (χ1) is 5.24. The molecule has 0 bridgehead atoms. The van der Waals surface area contributed by atoms with Crippen LogP contribution in [0.4, 0.5) is 0 Å². The third kappa shape index (κ3) is 5.38. The molecule has 0 unspecified atom stereocenters. The minimum atomic E-state index is 1.28. The van der Waals surface area contributed by atoms with Crippen LogP contribution in [0.2, 0.25) is 0 Å². The van der Waals surface area contributed by atoms with Gasteiger partial charge in [-0.25, -0.2) is 0 Å². The zero-order valence-electron chi connectivity index (χ0n) is 8.06. The molecule has 0 aliphatic heterocycles. The van der Waals surface area contributed by atoms with Gasteiger partial charge < -0.3 is 4.48 Å². The Labute approximate surface area is 89.2 Å². The number of quaternary nitrogens is 1. The third-order valence-electron chi connectivity index (χ3n) is 2.68. The molecule has 11 heavy (non-hydrogen) atoms. The molecule has 0 saturated carbocycles. The molecule has 0 aromatic heterocycles. The molecule has 69 valence electrons. The van der Waals surface area contributed by atoms with Crippen molar-refractivity contribution < 1.29 is 22.2 Å². The summed E-state index contributed by atoms with van der Waals surface area (Å²) in [5.74, 6) is 0. The maximum atomic E-state index is 2.95. The van der Waals surface area contributed by atoms with Gasteiger partial charge in [-0.2, -0.15) is 0 Å². The van der Waals surface area contributed by atoms with Crippen molar-refractivity contribution in [3.05, 3.63) is 0 Å². The molecule has 0 N–H and O–H groups in total. The summed E-state index contributed by atoms with van der Waals surface area (Å²) in [4.78, 5) is 0. The summed E-state index contributed by atoms with van der Waals surface area (Å²) in [7, 11) is 0. The van der Waals surface area contributed by atoms with Crippen molar-refractivity contribution in [3.8, 4) is 0 Å². The van der Waals surface area contributed by atoms with Crippen molar-refractivity contribution in [3.63, 3.8) is 0 Å². The average molecular weight is 306 g/mol. The Morgan fingerprint density at radius 1 is 0.818 bits per heavy atom. The van der Waals surface area contributed by atoms with E-state index in [1.165, 1.54) is 30.7 Å². The molecule has 0 rings (SSSR count). The van der Waals surface area contributed by atoms with E-state index in [2.05, 4.69) is 41.0 Å². The van der Waals surface area contributed by atoms with E-state index in [0.29, 0.717) is 0 Å². The molecule has 0 aromatic carbocycles. The van der Waals surface area contributed by atoms with Gasteiger partial charge in [0.2, 0.25) is 0 Å². The van der Waals surface area contributed by atoms with Gasteiger partial charge in [0.05, 0.1) is 26.2 Å². The van der Waals surface area contributed by atoms with Gasteiger partial charge in [-0.1, -0.05) is 0 Å². The molecule has 0 fully saturated rings. The predicted octanol–water partition coefficient (Wildman–Crippen LogP) is 2.73. The molecular formula is C8H20BrMoN+. The molecular weight excluding hydrogens is 286 g/mol. The van der Waals surface area contributed by atoms with Gasteiger partial charge in [-0.3, -0.25) is 0 Å². The zero-order valence-corrected chi connectivity index (χ0v) is 11.7. The Balaban J connectivity index is 0. The molecule has 0 aliphatic rings. The van der Waals surface area contributed by atoms with E-state index < -0.39 is 0 Å². The van der Waals surface area contributed by atoms with Gasteiger partial charge in [-0.15, -0.1) is 0 Å². The fraction of sp³-hybridized carbons (Fsp3) is 1.00. The van der Waals surface area contributed by atoms with E-state index in [1.54, 1.807) is 17.8 Å². The monoisotopic (exact) mass is 307 g/mol. The Morgan fingerprint density at radius 3 is 1.00 bits per heavy atom. The van der Waals surface area contributed by atoms with Crippen LogP contribution in [0.3, 0.4) is 0 Å². The third-order valence-corrected chi connectivity index (χ3v) is 2.68. The van der Waals surface area contributed by atoms with Gasteiger partial charge >= 0.3 is 31.1 Å². The summed E-state index contributed by atoms with van der Waals surface area (Å²) in [6.45, 7) is 14.2. The van der Waals surface area contributed by atoms with Crippen LogP contribution >= 0.6 is 13.3 Å². The maximum absolute atomic E-state index is 2.95. The van der Waals surface area contributed by atoms with Crippen molar-refractivity contribution in [2.45, 2.75) is 27.7 Å². The van der Waals surface area contributed by atoms with Crippen LogP contribution in [0, 0.1) is 0 Å². The molecule has 0 radical (unpaired) electrons. The van der Waals surface area contributed by atoms with Crippen molar-refractivity contribution in [1.82, 2.24) is 0 Å². The fourth-order valence-corrected chi connectivity index (χ4v) is 1.34. The van der Waals surface area contributed by atoms with E-state index in [9.17, 15) is 0 Å². The summed E-state index contributed by atoms with van der Waals surface area (Å²) in [5, 5.41) is 0. The zero-order chi connectivity index (χ0) is 9.33. The van der Waals surface area contributed by atoms with Crippen LogP contribution in [0.5, 0.6) is 0 Å². The molecule has 0 amide bonds. The first-order valence-corrected chi connectivity index (χ1v) is 8.84. The van der Waals surface area contributed by atoms with Crippen LogP contribution in [0.1, 0.15) is 27.7 Å². The van der Waals surface area contributed by atoms with Crippen LogP contribution in [0.15, 0.2) is 0 Å². The molecule has 3 heteroatoms. The molecule has 0 aromatic rings. The van der Waals surface area contributed by atoms with E-state index in [1.807, 2.05) is 0 Å².